The van der Waals surface area contributed by atoms with Gasteiger partial charge < -0.3 is 11.1 Å². The van der Waals surface area contributed by atoms with Crippen molar-refractivity contribution in [2.75, 3.05) is 0 Å². The van der Waals surface area contributed by atoms with Crippen molar-refractivity contribution in [1.82, 2.24) is 25.1 Å². The molecule has 0 saturated carbocycles. The Balaban J connectivity index is 1.73. The number of pyridine rings is 1. The van der Waals surface area contributed by atoms with E-state index in [1.165, 1.54) is 31.3 Å². The average Bonchev–Trinajstić information content (AvgIpc) is 3.23. The number of aryl methyl sites for hydroxylation is 1. The fraction of sp³-hybridized carbons (Fsp3) is 0.192. The number of rotatable bonds is 8. The molecule has 0 fully saturated rings. The number of aromatic nitrogens is 4. The van der Waals surface area contributed by atoms with E-state index < -0.39 is 59.4 Å². The molecule has 0 unspecified atom stereocenters. The maximum atomic E-state index is 14.1. The van der Waals surface area contributed by atoms with Gasteiger partial charge in [-0.1, -0.05) is 12.1 Å². The maximum absolute atomic E-state index is 14.1. The van der Waals surface area contributed by atoms with Crippen molar-refractivity contribution in [3.05, 3.63) is 101 Å². The number of hydrogen-bond donors (Lipinski definition) is 2. The summed E-state index contributed by atoms with van der Waals surface area (Å²) in [4.78, 5) is 32.3. The van der Waals surface area contributed by atoms with Crippen LogP contribution in [0.3, 0.4) is 0 Å². The second-order valence-electron chi connectivity index (χ2n) is 8.74. The Bertz CT molecular complexity index is 1570. The Kier molecular flexibility index (Phi) is 7.89. The van der Waals surface area contributed by atoms with Crippen LogP contribution in [0, 0.1) is 24.4 Å². The van der Waals surface area contributed by atoms with E-state index in [0.717, 1.165) is 22.9 Å². The molecule has 0 spiro atoms. The minimum atomic E-state index is -4.82. The number of nitrogens with two attached hydrogens (primary N) is 1. The Morgan fingerprint density at radius 3 is 2.38 bits per heavy atom. The molecule has 3 N–H and O–H groups in total. The summed E-state index contributed by atoms with van der Waals surface area (Å²) in [6.45, 7) is 0.581. The third kappa shape index (κ3) is 6.45. The van der Waals surface area contributed by atoms with Gasteiger partial charge in [0, 0.05) is 17.8 Å². The summed E-state index contributed by atoms with van der Waals surface area (Å²) < 4.78 is 81.8. The highest BCUT2D eigenvalue weighted by Gasteiger charge is 2.37. The summed E-state index contributed by atoms with van der Waals surface area (Å²) in [6, 6.07) is 8.32. The van der Waals surface area contributed by atoms with Crippen molar-refractivity contribution in [2.45, 2.75) is 32.1 Å². The summed E-state index contributed by atoms with van der Waals surface area (Å²) in [6.07, 6.45) is -3.64. The van der Waals surface area contributed by atoms with Crippen LogP contribution in [0.4, 0.5) is 26.3 Å². The molecule has 0 saturated heterocycles. The first-order valence-electron chi connectivity index (χ1n) is 11.6. The fourth-order valence-corrected chi connectivity index (χ4v) is 4.07. The predicted octanol–water partition coefficient (Wildman–Crippen LogP) is 4.28. The van der Waals surface area contributed by atoms with Crippen LogP contribution in [0.2, 0.25) is 0 Å². The van der Waals surface area contributed by atoms with Gasteiger partial charge in [-0.3, -0.25) is 14.6 Å². The van der Waals surface area contributed by atoms with E-state index in [0.29, 0.717) is 17.2 Å². The lowest BCUT2D eigenvalue weighted by molar-refractivity contribution is -0.145. The number of nitrogens with one attached hydrogen (secondary N) is 1. The lowest BCUT2D eigenvalue weighted by Crippen LogP contribution is -2.34. The fourth-order valence-electron chi connectivity index (χ4n) is 4.07. The lowest BCUT2D eigenvalue weighted by Gasteiger charge is -2.22. The van der Waals surface area contributed by atoms with Crippen molar-refractivity contribution in [2.24, 2.45) is 5.73 Å². The topological polar surface area (TPSA) is 116 Å². The van der Waals surface area contributed by atoms with E-state index in [1.807, 2.05) is 0 Å². The summed E-state index contributed by atoms with van der Waals surface area (Å²) in [7, 11) is 0. The van der Waals surface area contributed by atoms with Gasteiger partial charge in [0.2, 0.25) is 5.91 Å². The summed E-state index contributed by atoms with van der Waals surface area (Å²) >= 11 is 0. The second-order valence-corrected chi connectivity index (χ2v) is 8.74. The Morgan fingerprint density at radius 1 is 1.05 bits per heavy atom. The summed E-state index contributed by atoms with van der Waals surface area (Å²) in [5.41, 5.74) is 5.77. The molecule has 2 amide bonds. The van der Waals surface area contributed by atoms with Crippen LogP contribution in [-0.2, 0) is 23.9 Å². The van der Waals surface area contributed by atoms with E-state index >= 15 is 0 Å². The molecule has 14 heteroatoms. The van der Waals surface area contributed by atoms with Crippen LogP contribution in [0.15, 0.2) is 54.7 Å². The Morgan fingerprint density at radius 2 is 1.75 bits per heavy atom. The zero-order chi connectivity index (χ0) is 29.2. The maximum Gasteiger partial charge on any atom is 0.453 e. The molecule has 208 valence electrons. The summed E-state index contributed by atoms with van der Waals surface area (Å²) in [5, 5.41) is 5.95. The first-order chi connectivity index (χ1) is 18.8. The van der Waals surface area contributed by atoms with E-state index in [4.69, 9.17) is 5.73 Å². The van der Waals surface area contributed by atoms with E-state index in [-0.39, 0.29) is 23.5 Å². The number of halogens is 6. The van der Waals surface area contributed by atoms with Crippen LogP contribution in [0.1, 0.15) is 39.3 Å². The predicted molar refractivity (Wildman–Crippen MR) is 129 cm³/mol. The number of alkyl halides is 3. The van der Waals surface area contributed by atoms with Crippen LogP contribution >= 0.6 is 0 Å². The molecule has 0 aliphatic rings. The first kappa shape index (κ1) is 28.3. The molecular weight excluding hydrogens is 542 g/mol. The monoisotopic (exact) mass is 562 g/mol. The van der Waals surface area contributed by atoms with Gasteiger partial charge >= 0.3 is 6.18 Å². The van der Waals surface area contributed by atoms with Gasteiger partial charge in [0.1, 0.15) is 29.8 Å². The number of benzene rings is 2. The molecule has 2 aromatic heterocycles. The van der Waals surface area contributed by atoms with E-state index in [1.54, 1.807) is 6.07 Å². The van der Waals surface area contributed by atoms with Crippen molar-refractivity contribution in [3.63, 3.8) is 0 Å². The molecular formula is C26H20F6N6O2. The van der Waals surface area contributed by atoms with Crippen molar-refractivity contribution in [3.8, 4) is 11.1 Å². The number of carbonyl (C=O) groups is 2. The lowest BCUT2D eigenvalue weighted by atomic mass is 9.94. The Labute approximate surface area is 222 Å². The molecule has 0 radical (unpaired) electrons. The van der Waals surface area contributed by atoms with E-state index in [2.05, 4.69) is 20.4 Å². The number of nitrogens with zero attached hydrogens (tertiary/aromatic N) is 4. The largest absolute Gasteiger partial charge is 0.453 e. The third-order valence-electron chi connectivity index (χ3n) is 5.81. The molecule has 2 heterocycles. The highest BCUT2D eigenvalue weighted by molar-refractivity contribution is 5.94. The second kappa shape index (κ2) is 11.2. The average molecular weight is 562 g/mol. The quantitative estimate of drug-likeness (QED) is 0.311. The molecule has 0 aliphatic heterocycles. The number of amides is 2. The summed E-state index contributed by atoms with van der Waals surface area (Å²) in [5.74, 6) is -6.02. The van der Waals surface area contributed by atoms with Crippen molar-refractivity contribution >= 4 is 11.8 Å². The van der Waals surface area contributed by atoms with Crippen LogP contribution < -0.4 is 11.1 Å². The molecule has 4 rings (SSSR count). The minimum absolute atomic E-state index is 0.132. The van der Waals surface area contributed by atoms with E-state index in [9.17, 15) is 35.9 Å². The minimum Gasteiger partial charge on any atom is -0.366 e. The molecule has 4 aromatic rings. The zero-order valence-corrected chi connectivity index (χ0v) is 20.6. The van der Waals surface area contributed by atoms with Gasteiger partial charge in [0.15, 0.2) is 0 Å². The number of primary amides is 1. The highest BCUT2D eigenvalue weighted by atomic mass is 19.4. The number of carbonyl (C=O) groups excluding carboxylic acids is 2. The molecule has 0 aliphatic carbocycles. The third-order valence-corrected chi connectivity index (χ3v) is 5.81. The van der Waals surface area contributed by atoms with Crippen molar-refractivity contribution in [1.29, 1.82) is 0 Å². The highest BCUT2D eigenvalue weighted by Crippen LogP contribution is 2.31. The number of hydrogen-bond acceptors (Lipinski definition) is 5. The molecule has 2 aromatic carbocycles. The molecule has 40 heavy (non-hydrogen) atoms. The first-order valence-corrected chi connectivity index (χ1v) is 11.6. The zero-order valence-electron chi connectivity index (χ0n) is 20.6. The molecule has 1 atom stereocenters. The SMILES string of the molecule is Cc1nc(C(F)(F)F)nn1CC(=O)N[C@@H](Cc1cc(F)cc(F)c1)c1ncccc1-c1ccc(F)c(C(N)=O)c1. The van der Waals surface area contributed by atoms with Gasteiger partial charge in [-0.25, -0.2) is 22.8 Å². The normalized spacial score (nSPS) is 12.3. The van der Waals surface area contributed by atoms with Crippen LogP contribution in [0.25, 0.3) is 11.1 Å². The van der Waals surface area contributed by atoms with Crippen LogP contribution in [-0.4, -0.2) is 31.6 Å². The van der Waals surface area contributed by atoms with Crippen LogP contribution in [0.5, 0.6) is 0 Å². The van der Waals surface area contributed by atoms with Crippen molar-refractivity contribution < 1.29 is 35.9 Å². The van der Waals surface area contributed by atoms with Gasteiger partial charge in [-0.05, 0) is 54.8 Å². The molecule has 0 bridgehead atoms. The molecule has 8 nitrogen and oxygen atoms in total. The standard InChI is InChI=1S/C26H20F6N6O2/c1-13-35-25(26(30,31)32)37-38(13)12-22(39)36-21(9-14-7-16(27)11-17(28)8-14)23-18(3-2-6-34-23)15-4-5-20(29)19(10-15)24(33)40/h2-8,10-11,21H,9,12H2,1H3,(H2,33,40)(H,36,39)/t21-/m0/s1. The van der Waals surface area contributed by atoms with Gasteiger partial charge in [-0.15, -0.1) is 5.10 Å². The smallest absolute Gasteiger partial charge is 0.366 e. The Hall–Kier alpha value is -4.75. The van der Waals surface area contributed by atoms with Gasteiger partial charge in [0.05, 0.1) is 17.3 Å². The van der Waals surface area contributed by atoms with Gasteiger partial charge in [-0.2, -0.15) is 13.2 Å². The van der Waals surface area contributed by atoms with Gasteiger partial charge in [0.25, 0.3) is 11.7 Å².